The largest absolute Gasteiger partial charge is 0.324 e. The van der Waals surface area contributed by atoms with E-state index >= 15 is 0 Å². The van der Waals surface area contributed by atoms with Crippen molar-refractivity contribution in [2.45, 2.75) is 25.8 Å². The Morgan fingerprint density at radius 3 is 2.62 bits per heavy atom. The molecule has 1 N–H and O–H groups in total. The van der Waals surface area contributed by atoms with Crippen molar-refractivity contribution in [3.8, 4) is 0 Å². The zero-order chi connectivity index (χ0) is 14.7. The maximum atomic E-state index is 12.2. The van der Waals surface area contributed by atoms with Gasteiger partial charge in [0, 0.05) is 18.8 Å². The second-order valence-corrected chi connectivity index (χ2v) is 5.37. The van der Waals surface area contributed by atoms with Crippen molar-refractivity contribution in [3.05, 3.63) is 42.2 Å². The van der Waals surface area contributed by atoms with Gasteiger partial charge in [-0.25, -0.2) is 4.79 Å². The molecule has 6 nitrogen and oxygen atoms in total. The second-order valence-electron chi connectivity index (χ2n) is 5.37. The van der Waals surface area contributed by atoms with Crippen molar-refractivity contribution in [1.82, 2.24) is 19.9 Å². The molecule has 1 saturated heterocycles. The number of nitrogens with one attached hydrogen (secondary N) is 1. The minimum Gasteiger partial charge on any atom is -0.324 e. The van der Waals surface area contributed by atoms with E-state index < -0.39 is 0 Å². The average Bonchev–Trinajstić information content (AvgIpc) is 3.01. The molecular formula is C15H19N5O. The first-order valence-electron chi connectivity index (χ1n) is 7.21. The fourth-order valence-corrected chi connectivity index (χ4v) is 2.64. The van der Waals surface area contributed by atoms with Crippen LogP contribution < -0.4 is 5.32 Å². The summed E-state index contributed by atoms with van der Waals surface area (Å²) >= 11 is 0. The standard InChI is InChI=1S/C15H19N5O/c1-12-3-2-4-13(11-12)18-15(21)19-9-5-14(6-10-19)20-16-7-8-17-20/h2-4,7-8,11,14H,5-6,9-10H2,1H3,(H,18,21). The SMILES string of the molecule is Cc1cccc(NC(=O)N2CCC(n3nccn3)CC2)c1. The first-order chi connectivity index (χ1) is 10.2. The van der Waals surface area contributed by atoms with Crippen LogP contribution in [0.25, 0.3) is 0 Å². The third-order valence-electron chi connectivity index (χ3n) is 3.78. The minimum absolute atomic E-state index is 0.0347. The van der Waals surface area contributed by atoms with Crippen LogP contribution in [0.5, 0.6) is 0 Å². The summed E-state index contributed by atoms with van der Waals surface area (Å²) in [7, 11) is 0. The lowest BCUT2D eigenvalue weighted by Crippen LogP contribution is -2.41. The molecule has 3 rings (SSSR count). The molecule has 0 aliphatic carbocycles. The Morgan fingerprint density at radius 1 is 1.24 bits per heavy atom. The summed E-state index contributed by atoms with van der Waals surface area (Å²) in [6.45, 7) is 3.46. The molecule has 0 saturated carbocycles. The molecule has 110 valence electrons. The van der Waals surface area contributed by atoms with Crippen LogP contribution in [0.4, 0.5) is 10.5 Å². The highest BCUT2D eigenvalue weighted by Gasteiger charge is 2.24. The summed E-state index contributed by atoms with van der Waals surface area (Å²) in [6.07, 6.45) is 5.15. The molecule has 1 aromatic carbocycles. The molecule has 0 spiro atoms. The predicted molar refractivity (Wildman–Crippen MR) is 80.1 cm³/mol. The summed E-state index contributed by atoms with van der Waals surface area (Å²) in [5.41, 5.74) is 1.98. The van der Waals surface area contributed by atoms with Gasteiger partial charge in [-0.05, 0) is 37.5 Å². The molecule has 1 fully saturated rings. The molecule has 1 aliphatic heterocycles. The summed E-state index contributed by atoms with van der Waals surface area (Å²) in [6, 6.07) is 8.10. The average molecular weight is 285 g/mol. The van der Waals surface area contributed by atoms with Crippen LogP contribution in [-0.4, -0.2) is 39.0 Å². The third kappa shape index (κ3) is 3.21. The lowest BCUT2D eigenvalue weighted by Gasteiger charge is -2.31. The Balaban J connectivity index is 1.55. The first-order valence-corrected chi connectivity index (χ1v) is 7.21. The zero-order valence-electron chi connectivity index (χ0n) is 12.1. The van der Waals surface area contributed by atoms with E-state index in [1.54, 1.807) is 17.2 Å². The topological polar surface area (TPSA) is 63.1 Å². The zero-order valence-corrected chi connectivity index (χ0v) is 12.1. The maximum Gasteiger partial charge on any atom is 0.321 e. The van der Waals surface area contributed by atoms with E-state index in [4.69, 9.17) is 0 Å². The van der Waals surface area contributed by atoms with Gasteiger partial charge in [-0.3, -0.25) is 0 Å². The number of nitrogens with zero attached hydrogens (tertiary/aromatic N) is 4. The quantitative estimate of drug-likeness (QED) is 0.922. The van der Waals surface area contributed by atoms with E-state index in [2.05, 4.69) is 15.5 Å². The summed E-state index contributed by atoms with van der Waals surface area (Å²) in [5, 5.41) is 11.3. The van der Waals surface area contributed by atoms with Crippen molar-refractivity contribution in [2.24, 2.45) is 0 Å². The lowest BCUT2D eigenvalue weighted by molar-refractivity contribution is 0.175. The van der Waals surface area contributed by atoms with E-state index in [1.165, 1.54) is 0 Å². The lowest BCUT2D eigenvalue weighted by atomic mass is 10.1. The fraction of sp³-hybridized carbons (Fsp3) is 0.400. The van der Waals surface area contributed by atoms with Gasteiger partial charge in [0.2, 0.25) is 0 Å². The van der Waals surface area contributed by atoms with Crippen LogP contribution in [0, 0.1) is 6.92 Å². The molecule has 0 atom stereocenters. The number of aryl methyl sites for hydroxylation is 1. The smallest absolute Gasteiger partial charge is 0.321 e. The summed E-state index contributed by atoms with van der Waals surface area (Å²) < 4.78 is 0. The Morgan fingerprint density at radius 2 is 1.95 bits per heavy atom. The number of aromatic nitrogens is 3. The molecular weight excluding hydrogens is 266 g/mol. The second kappa shape index (κ2) is 5.95. The van der Waals surface area contributed by atoms with Crippen LogP contribution in [-0.2, 0) is 0 Å². The molecule has 21 heavy (non-hydrogen) atoms. The van der Waals surface area contributed by atoms with Gasteiger partial charge < -0.3 is 10.2 Å². The molecule has 6 heteroatoms. The van der Waals surface area contributed by atoms with Gasteiger partial charge in [0.1, 0.15) is 0 Å². The molecule has 0 radical (unpaired) electrons. The van der Waals surface area contributed by atoms with Gasteiger partial charge in [-0.2, -0.15) is 15.0 Å². The van der Waals surface area contributed by atoms with E-state index in [1.807, 2.05) is 36.1 Å². The van der Waals surface area contributed by atoms with Gasteiger partial charge >= 0.3 is 6.03 Å². The van der Waals surface area contributed by atoms with E-state index in [0.717, 1.165) is 37.2 Å². The van der Waals surface area contributed by atoms with Crippen LogP contribution in [0.2, 0.25) is 0 Å². The fourth-order valence-electron chi connectivity index (χ4n) is 2.64. The van der Waals surface area contributed by atoms with Crippen molar-refractivity contribution in [1.29, 1.82) is 0 Å². The number of hydrogen-bond donors (Lipinski definition) is 1. The normalized spacial score (nSPS) is 16.0. The van der Waals surface area contributed by atoms with Crippen molar-refractivity contribution < 1.29 is 4.79 Å². The Kier molecular flexibility index (Phi) is 3.85. The number of amides is 2. The number of piperidine rings is 1. The Labute approximate surface area is 123 Å². The molecule has 0 bridgehead atoms. The third-order valence-corrected chi connectivity index (χ3v) is 3.78. The molecule has 2 aromatic rings. The van der Waals surface area contributed by atoms with Crippen molar-refractivity contribution in [2.75, 3.05) is 18.4 Å². The number of benzene rings is 1. The van der Waals surface area contributed by atoms with Crippen molar-refractivity contribution in [3.63, 3.8) is 0 Å². The molecule has 1 aromatic heterocycles. The van der Waals surface area contributed by atoms with Gasteiger partial charge in [0.05, 0.1) is 18.4 Å². The van der Waals surface area contributed by atoms with Gasteiger partial charge in [0.25, 0.3) is 0 Å². The minimum atomic E-state index is -0.0347. The van der Waals surface area contributed by atoms with Crippen LogP contribution in [0.1, 0.15) is 24.4 Å². The highest BCUT2D eigenvalue weighted by Crippen LogP contribution is 2.21. The van der Waals surface area contributed by atoms with Gasteiger partial charge in [-0.15, -0.1) is 0 Å². The van der Waals surface area contributed by atoms with E-state index in [-0.39, 0.29) is 6.03 Å². The molecule has 1 aliphatic rings. The maximum absolute atomic E-state index is 12.2. The van der Waals surface area contributed by atoms with Crippen LogP contribution in [0.3, 0.4) is 0 Å². The highest BCUT2D eigenvalue weighted by molar-refractivity contribution is 5.89. The van der Waals surface area contributed by atoms with Gasteiger partial charge in [0.15, 0.2) is 0 Å². The van der Waals surface area contributed by atoms with E-state index in [0.29, 0.717) is 6.04 Å². The number of anilines is 1. The molecule has 2 amide bonds. The Hall–Kier alpha value is -2.37. The number of carbonyl (C=O) groups excluding carboxylic acids is 1. The summed E-state index contributed by atoms with van der Waals surface area (Å²) in [4.78, 5) is 15.8. The number of hydrogen-bond acceptors (Lipinski definition) is 3. The molecule has 0 unspecified atom stereocenters. The molecule has 2 heterocycles. The first kappa shape index (κ1) is 13.6. The summed E-state index contributed by atoms with van der Waals surface area (Å²) in [5.74, 6) is 0. The predicted octanol–water partition coefficient (Wildman–Crippen LogP) is 2.46. The number of urea groups is 1. The highest BCUT2D eigenvalue weighted by atomic mass is 16.2. The van der Waals surface area contributed by atoms with E-state index in [9.17, 15) is 4.79 Å². The number of rotatable bonds is 2. The number of likely N-dealkylation sites (tertiary alicyclic amines) is 1. The monoisotopic (exact) mass is 285 g/mol. The van der Waals surface area contributed by atoms with Crippen LogP contribution >= 0.6 is 0 Å². The van der Waals surface area contributed by atoms with Gasteiger partial charge in [-0.1, -0.05) is 12.1 Å². The van der Waals surface area contributed by atoms with Crippen LogP contribution in [0.15, 0.2) is 36.7 Å². The number of carbonyl (C=O) groups is 1. The Bertz CT molecular complexity index is 602. The van der Waals surface area contributed by atoms with Crippen molar-refractivity contribution >= 4 is 11.7 Å².